The van der Waals surface area contributed by atoms with E-state index < -0.39 is 22.3 Å². The van der Waals surface area contributed by atoms with Crippen LogP contribution in [-0.2, 0) is 4.79 Å². The predicted octanol–water partition coefficient (Wildman–Crippen LogP) is 1.92. The Morgan fingerprint density at radius 2 is 2.00 bits per heavy atom. The number of carboxylic acid groups (broad SMARTS) is 1. The highest BCUT2D eigenvalue weighted by atomic mass is 16.6. The van der Waals surface area contributed by atoms with Gasteiger partial charge in [-0.3, -0.25) is 14.9 Å². The molecule has 1 aliphatic heterocycles. The van der Waals surface area contributed by atoms with Gasteiger partial charge in [0.2, 0.25) is 0 Å². The number of non-ortho nitro benzene ring substituents is 1. The first-order valence-electron chi connectivity index (χ1n) is 6.36. The first kappa shape index (κ1) is 14.8. The average Bonchev–Trinajstić information content (AvgIpc) is 2.83. The zero-order valence-electron chi connectivity index (χ0n) is 11.4. The maximum absolute atomic E-state index is 12.0. The third kappa shape index (κ3) is 3.10. The molecule has 0 spiro atoms. The Morgan fingerprint density at radius 3 is 2.48 bits per heavy atom. The molecule has 1 fully saturated rings. The fraction of sp³-hybridized carbons (Fsp3) is 0.385. The maximum atomic E-state index is 12.0. The number of benzene rings is 1. The molecule has 8 nitrogen and oxygen atoms in total. The van der Waals surface area contributed by atoms with E-state index >= 15 is 0 Å². The number of carboxylic acids is 1. The number of aliphatic carboxylic acids is 1. The summed E-state index contributed by atoms with van der Waals surface area (Å²) < 4.78 is 0. The number of nitrogens with zero attached hydrogens (tertiary/aromatic N) is 2. The van der Waals surface area contributed by atoms with Crippen molar-refractivity contribution in [1.29, 1.82) is 0 Å². The second-order valence-corrected chi connectivity index (χ2v) is 5.27. The van der Waals surface area contributed by atoms with Gasteiger partial charge in [0.05, 0.1) is 10.3 Å². The molecule has 1 aromatic carbocycles. The third-order valence-corrected chi connectivity index (χ3v) is 3.61. The molecule has 2 amide bonds. The molecular weight excluding hydrogens is 278 g/mol. The van der Waals surface area contributed by atoms with Crippen LogP contribution in [-0.4, -0.2) is 40.0 Å². The van der Waals surface area contributed by atoms with E-state index in [-0.39, 0.29) is 12.2 Å². The van der Waals surface area contributed by atoms with Gasteiger partial charge >= 0.3 is 12.0 Å². The summed E-state index contributed by atoms with van der Waals surface area (Å²) in [5.41, 5.74) is -0.561. The van der Waals surface area contributed by atoms with E-state index in [0.29, 0.717) is 18.7 Å². The standard InChI is InChI=1S/C13H15N3O5/c1-13(11(17)18)6-7-15(8-13)12(19)14-9-2-4-10(5-3-9)16(20)21/h2-5H,6-8H2,1H3,(H,14,19)(H,17,18). The van der Waals surface area contributed by atoms with Gasteiger partial charge < -0.3 is 15.3 Å². The van der Waals surface area contributed by atoms with Crippen molar-refractivity contribution in [3.05, 3.63) is 34.4 Å². The SMILES string of the molecule is CC1(C(=O)O)CCN(C(=O)Nc2ccc([N+](=O)[O-])cc2)C1. The number of urea groups is 1. The number of hydrogen-bond donors (Lipinski definition) is 2. The number of nitro groups is 1. The molecule has 1 saturated heterocycles. The Bertz CT molecular complexity index is 586. The lowest BCUT2D eigenvalue weighted by Gasteiger charge is -2.20. The van der Waals surface area contributed by atoms with Gasteiger partial charge in [0.15, 0.2) is 0 Å². The van der Waals surface area contributed by atoms with Crippen LogP contribution >= 0.6 is 0 Å². The van der Waals surface area contributed by atoms with Crippen molar-refractivity contribution < 1.29 is 19.6 Å². The predicted molar refractivity (Wildman–Crippen MR) is 74.0 cm³/mol. The van der Waals surface area contributed by atoms with Gasteiger partial charge in [-0.15, -0.1) is 0 Å². The van der Waals surface area contributed by atoms with Crippen molar-refractivity contribution >= 4 is 23.4 Å². The molecule has 1 heterocycles. The highest BCUT2D eigenvalue weighted by molar-refractivity contribution is 5.90. The summed E-state index contributed by atoms with van der Waals surface area (Å²) in [5, 5.41) is 22.3. The van der Waals surface area contributed by atoms with Crippen molar-refractivity contribution in [2.45, 2.75) is 13.3 Å². The van der Waals surface area contributed by atoms with Crippen LogP contribution in [0.3, 0.4) is 0 Å². The van der Waals surface area contributed by atoms with Crippen molar-refractivity contribution in [3.63, 3.8) is 0 Å². The summed E-state index contributed by atoms with van der Waals surface area (Å²) in [6, 6.07) is 5.04. The number of hydrogen-bond acceptors (Lipinski definition) is 4. The van der Waals surface area contributed by atoms with Gasteiger partial charge in [0.25, 0.3) is 5.69 Å². The highest BCUT2D eigenvalue weighted by Crippen LogP contribution is 2.30. The van der Waals surface area contributed by atoms with Crippen LogP contribution in [0.15, 0.2) is 24.3 Å². The van der Waals surface area contributed by atoms with Gasteiger partial charge in [-0.05, 0) is 25.5 Å². The van der Waals surface area contributed by atoms with Crippen molar-refractivity contribution in [2.75, 3.05) is 18.4 Å². The van der Waals surface area contributed by atoms with Crippen LogP contribution in [0.5, 0.6) is 0 Å². The number of carbonyl (C=O) groups excluding carboxylic acids is 1. The lowest BCUT2D eigenvalue weighted by atomic mass is 9.90. The van der Waals surface area contributed by atoms with E-state index in [1.165, 1.54) is 29.2 Å². The van der Waals surface area contributed by atoms with Gasteiger partial charge in [-0.1, -0.05) is 0 Å². The normalized spacial score (nSPS) is 21.1. The maximum Gasteiger partial charge on any atom is 0.321 e. The number of nitro benzene ring substituents is 1. The number of nitrogens with one attached hydrogen (secondary N) is 1. The van der Waals surface area contributed by atoms with E-state index in [2.05, 4.69) is 5.32 Å². The van der Waals surface area contributed by atoms with Crippen LogP contribution in [0.25, 0.3) is 0 Å². The molecule has 0 radical (unpaired) electrons. The summed E-state index contributed by atoms with van der Waals surface area (Å²) in [6.45, 7) is 2.11. The van der Waals surface area contributed by atoms with Crippen molar-refractivity contribution in [3.8, 4) is 0 Å². The minimum Gasteiger partial charge on any atom is -0.481 e. The van der Waals surface area contributed by atoms with Gasteiger partial charge in [-0.2, -0.15) is 0 Å². The lowest BCUT2D eigenvalue weighted by molar-refractivity contribution is -0.384. The first-order valence-corrected chi connectivity index (χ1v) is 6.36. The molecule has 1 atom stereocenters. The molecule has 1 aliphatic rings. The van der Waals surface area contributed by atoms with Gasteiger partial charge in [-0.25, -0.2) is 4.79 Å². The Balaban J connectivity index is 1.99. The largest absolute Gasteiger partial charge is 0.481 e. The monoisotopic (exact) mass is 293 g/mol. The molecule has 0 aromatic heterocycles. The van der Waals surface area contributed by atoms with Crippen LogP contribution in [0.2, 0.25) is 0 Å². The summed E-state index contributed by atoms with van der Waals surface area (Å²) in [5.74, 6) is -0.923. The first-order chi connectivity index (χ1) is 9.82. The van der Waals surface area contributed by atoms with Gasteiger partial charge in [0.1, 0.15) is 0 Å². The van der Waals surface area contributed by atoms with Crippen LogP contribution in [0.1, 0.15) is 13.3 Å². The molecule has 2 rings (SSSR count). The fourth-order valence-corrected chi connectivity index (χ4v) is 2.18. The molecule has 0 bridgehead atoms. The second-order valence-electron chi connectivity index (χ2n) is 5.27. The number of likely N-dealkylation sites (tertiary alicyclic amines) is 1. The highest BCUT2D eigenvalue weighted by Gasteiger charge is 2.42. The zero-order valence-corrected chi connectivity index (χ0v) is 11.4. The molecule has 8 heteroatoms. The lowest BCUT2D eigenvalue weighted by Crippen LogP contribution is -2.37. The Kier molecular flexibility index (Phi) is 3.79. The minimum atomic E-state index is -0.924. The number of carbonyl (C=O) groups is 2. The van der Waals surface area contributed by atoms with Crippen LogP contribution in [0, 0.1) is 15.5 Å². The Labute approximate surface area is 120 Å². The molecular formula is C13H15N3O5. The van der Waals surface area contributed by atoms with Crippen LogP contribution < -0.4 is 5.32 Å². The summed E-state index contributed by atoms with van der Waals surface area (Å²) in [7, 11) is 0. The molecule has 2 N–H and O–H groups in total. The molecule has 1 unspecified atom stereocenters. The summed E-state index contributed by atoms with van der Waals surface area (Å²) in [4.78, 5) is 34.6. The third-order valence-electron chi connectivity index (χ3n) is 3.61. The fourth-order valence-electron chi connectivity index (χ4n) is 2.18. The molecule has 0 aliphatic carbocycles. The number of amides is 2. The van der Waals surface area contributed by atoms with E-state index in [1.54, 1.807) is 6.92 Å². The molecule has 21 heavy (non-hydrogen) atoms. The van der Waals surface area contributed by atoms with E-state index in [1.807, 2.05) is 0 Å². The Morgan fingerprint density at radius 1 is 1.38 bits per heavy atom. The molecule has 112 valence electrons. The van der Waals surface area contributed by atoms with E-state index in [9.17, 15) is 19.7 Å². The van der Waals surface area contributed by atoms with E-state index in [0.717, 1.165) is 0 Å². The minimum absolute atomic E-state index is 0.0624. The van der Waals surface area contributed by atoms with Crippen molar-refractivity contribution in [2.24, 2.45) is 5.41 Å². The quantitative estimate of drug-likeness (QED) is 0.653. The Hall–Kier alpha value is -2.64. The average molecular weight is 293 g/mol. The summed E-state index contributed by atoms with van der Waals surface area (Å²) in [6.07, 6.45) is 0.399. The number of anilines is 1. The topological polar surface area (TPSA) is 113 Å². The van der Waals surface area contributed by atoms with E-state index in [4.69, 9.17) is 5.11 Å². The zero-order chi connectivity index (χ0) is 15.6. The number of rotatable bonds is 3. The van der Waals surface area contributed by atoms with Gasteiger partial charge in [0, 0.05) is 30.9 Å². The molecule has 0 saturated carbocycles. The summed E-state index contributed by atoms with van der Waals surface area (Å²) >= 11 is 0. The second kappa shape index (κ2) is 5.39. The molecule has 1 aromatic rings. The van der Waals surface area contributed by atoms with Crippen LogP contribution in [0.4, 0.5) is 16.2 Å². The van der Waals surface area contributed by atoms with Crippen molar-refractivity contribution in [1.82, 2.24) is 4.90 Å². The smallest absolute Gasteiger partial charge is 0.321 e.